The van der Waals surface area contributed by atoms with Gasteiger partial charge in [-0.15, -0.1) is 0 Å². The first-order chi connectivity index (χ1) is 9.63. The maximum atomic E-state index is 11.9. The molecule has 5 nitrogen and oxygen atoms in total. The van der Waals surface area contributed by atoms with E-state index < -0.39 is 0 Å². The van der Waals surface area contributed by atoms with Gasteiger partial charge in [0.15, 0.2) is 6.79 Å². The Balaban J connectivity index is 2.17. The molecule has 0 amide bonds. The van der Waals surface area contributed by atoms with Gasteiger partial charge in [-0.3, -0.25) is 4.79 Å². The standard InChI is InChI=1S/C13H12BrClO5/c1-17-2-3-18-7-20-12-5-11-8(4-10(12)15)13(16)9(14)6-19-11/h4-6H,2-3,7H2,1H3. The molecule has 2 rings (SSSR count). The van der Waals surface area contributed by atoms with Crippen molar-refractivity contribution in [1.82, 2.24) is 0 Å². The van der Waals surface area contributed by atoms with E-state index in [2.05, 4.69) is 15.9 Å². The highest BCUT2D eigenvalue weighted by molar-refractivity contribution is 9.10. The number of methoxy groups -OCH3 is 1. The van der Waals surface area contributed by atoms with E-state index in [0.29, 0.717) is 39.4 Å². The lowest BCUT2D eigenvalue weighted by Crippen LogP contribution is -2.08. The highest BCUT2D eigenvalue weighted by Crippen LogP contribution is 2.29. The van der Waals surface area contributed by atoms with Crippen LogP contribution in [0, 0.1) is 0 Å². The summed E-state index contributed by atoms with van der Waals surface area (Å²) in [6.07, 6.45) is 1.33. The zero-order valence-electron chi connectivity index (χ0n) is 10.7. The van der Waals surface area contributed by atoms with Crippen molar-refractivity contribution in [2.75, 3.05) is 27.1 Å². The molecule has 0 aliphatic heterocycles. The lowest BCUT2D eigenvalue weighted by Gasteiger charge is -2.09. The Labute approximate surface area is 128 Å². The first-order valence-corrected chi connectivity index (χ1v) is 6.90. The van der Waals surface area contributed by atoms with Crippen LogP contribution >= 0.6 is 27.5 Å². The molecule has 108 valence electrons. The van der Waals surface area contributed by atoms with E-state index in [4.69, 9.17) is 30.2 Å². The zero-order valence-corrected chi connectivity index (χ0v) is 13.0. The number of ether oxygens (including phenoxy) is 3. The van der Waals surface area contributed by atoms with Crippen molar-refractivity contribution in [3.8, 4) is 5.75 Å². The maximum Gasteiger partial charge on any atom is 0.206 e. The SMILES string of the molecule is COCCOCOc1cc2occ(Br)c(=O)c2cc1Cl. The fraction of sp³-hybridized carbons (Fsp3) is 0.308. The summed E-state index contributed by atoms with van der Waals surface area (Å²) in [4.78, 5) is 11.9. The first-order valence-electron chi connectivity index (χ1n) is 5.73. The van der Waals surface area contributed by atoms with Crippen LogP contribution in [0.1, 0.15) is 0 Å². The maximum absolute atomic E-state index is 11.9. The molecular weight excluding hydrogens is 351 g/mol. The fourth-order valence-electron chi connectivity index (χ4n) is 1.52. The van der Waals surface area contributed by atoms with Gasteiger partial charge in [-0.05, 0) is 22.0 Å². The van der Waals surface area contributed by atoms with Gasteiger partial charge in [-0.25, -0.2) is 0 Å². The molecule has 0 aliphatic carbocycles. The number of hydrogen-bond acceptors (Lipinski definition) is 5. The molecule has 2 aromatic rings. The lowest BCUT2D eigenvalue weighted by atomic mass is 10.2. The minimum Gasteiger partial charge on any atom is -0.466 e. The second kappa shape index (κ2) is 7.08. The summed E-state index contributed by atoms with van der Waals surface area (Å²) in [7, 11) is 1.59. The Kier molecular flexibility index (Phi) is 5.42. The van der Waals surface area contributed by atoms with E-state index in [1.54, 1.807) is 13.2 Å². The van der Waals surface area contributed by atoms with Crippen LogP contribution in [0.15, 0.2) is 32.1 Å². The number of benzene rings is 1. The third kappa shape index (κ3) is 3.52. The summed E-state index contributed by atoms with van der Waals surface area (Å²) in [6.45, 7) is 0.941. The Morgan fingerprint density at radius 3 is 2.90 bits per heavy atom. The summed E-state index contributed by atoms with van der Waals surface area (Å²) in [5.41, 5.74) is 0.213. The highest BCUT2D eigenvalue weighted by Gasteiger charge is 2.10. The van der Waals surface area contributed by atoms with E-state index in [9.17, 15) is 4.79 Å². The van der Waals surface area contributed by atoms with Crippen molar-refractivity contribution < 1.29 is 18.6 Å². The zero-order chi connectivity index (χ0) is 14.5. The molecule has 0 bridgehead atoms. The van der Waals surface area contributed by atoms with Crippen molar-refractivity contribution in [1.29, 1.82) is 0 Å². The van der Waals surface area contributed by atoms with Gasteiger partial charge in [0.05, 0.1) is 23.6 Å². The van der Waals surface area contributed by atoms with Crippen LogP contribution in [-0.2, 0) is 9.47 Å². The largest absolute Gasteiger partial charge is 0.466 e. The molecule has 0 atom stereocenters. The van der Waals surface area contributed by atoms with Gasteiger partial charge in [-0.1, -0.05) is 11.6 Å². The Morgan fingerprint density at radius 2 is 2.15 bits per heavy atom. The van der Waals surface area contributed by atoms with Crippen LogP contribution in [0.25, 0.3) is 11.0 Å². The molecule has 0 fully saturated rings. The predicted octanol–water partition coefficient (Wildman–Crippen LogP) is 3.21. The smallest absolute Gasteiger partial charge is 0.206 e. The summed E-state index contributed by atoms with van der Waals surface area (Å²) >= 11 is 9.18. The molecule has 0 aliphatic rings. The quantitative estimate of drug-likeness (QED) is 0.583. The van der Waals surface area contributed by atoms with Crippen molar-refractivity contribution in [3.63, 3.8) is 0 Å². The minimum atomic E-state index is -0.184. The number of rotatable bonds is 6. The van der Waals surface area contributed by atoms with Crippen LogP contribution in [0.2, 0.25) is 5.02 Å². The molecule has 0 spiro atoms. The van der Waals surface area contributed by atoms with Crippen LogP contribution in [0.4, 0.5) is 0 Å². The Bertz CT molecular complexity index is 655. The van der Waals surface area contributed by atoms with Gasteiger partial charge in [0.1, 0.15) is 22.1 Å². The van der Waals surface area contributed by atoms with Crippen molar-refractivity contribution >= 4 is 38.5 Å². The summed E-state index contributed by atoms with van der Waals surface area (Å²) < 4.78 is 21.1. The Hall–Kier alpha value is -1.08. The summed E-state index contributed by atoms with van der Waals surface area (Å²) in [5, 5.41) is 0.704. The third-order valence-corrected chi connectivity index (χ3v) is 3.36. The molecule has 20 heavy (non-hydrogen) atoms. The van der Waals surface area contributed by atoms with E-state index in [-0.39, 0.29) is 12.2 Å². The van der Waals surface area contributed by atoms with E-state index in [1.807, 2.05) is 0 Å². The molecule has 0 unspecified atom stereocenters. The van der Waals surface area contributed by atoms with Gasteiger partial charge in [-0.2, -0.15) is 0 Å². The molecule has 0 saturated heterocycles. The monoisotopic (exact) mass is 362 g/mol. The number of fused-ring (bicyclic) bond motifs is 1. The lowest BCUT2D eigenvalue weighted by molar-refractivity contribution is -0.00839. The summed E-state index contributed by atoms with van der Waals surface area (Å²) in [6, 6.07) is 3.07. The molecule has 0 N–H and O–H groups in total. The van der Waals surface area contributed by atoms with Gasteiger partial charge >= 0.3 is 0 Å². The van der Waals surface area contributed by atoms with Crippen molar-refractivity contribution in [2.45, 2.75) is 0 Å². The Morgan fingerprint density at radius 1 is 1.35 bits per heavy atom. The predicted molar refractivity (Wildman–Crippen MR) is 78.5 cm³/mol. The molecule has 1 heterocycles. The minimum absolute atomic E-state index is 0.0371. The molecule has 0 saturated carbocycles. The normalized spacial score (nSPS) is 10.9. The van der Waals surface area contributed by atoms with E-state index in [1.165, 1.54) is 12.3 Å². The number of hydrogen-bond donors (Lipinski definition) is 0. The topological polar surface area (TPSA) is 57.9 Å². The van der Waals surface area contributed by atoms with Crippen LogP contribution in [0.5, 0.6) is 5.75 Å². The third-order valence-electron chi connectivity index (χ3n) is 2.51. The number of halogens is 2. The van der Waals surface area contributed by atoms with E-state index >= 15 is 0 Å². The van der Waals surface area contributed by atoms with Gasteiger partial charge < -0.3 is 18.6 Å². The van der Waals surface area contributed by atoms with Crippen LogP contribution in [-0.4, -0.2) is 27.1 Å². The van der Waals surface area contributed by atoms with Gasteiger partial charge in [0, 0.05) is 13.2 Å². The van der Waals surface area contributed by atoms with Gasteiger partial charge in [0.25, 0.3) is 0 Å². The second-order valence-electron chi connectivity index (χ2n) is 3.85. The van der Waals surface area contributed by atoms with E-state index in [0.717, 1.165) is 0 Å². The second-order valence-corrected chi connectivity index (χ2v) is 5.12. The summed E-state index contributed by atoms with van der Waals surface area (Å²) in [5.74, 6) is 0.391. The molecular formula is C13H12BrClO5. The van der Waals surface area contributed by atoms with Crippen molar-refractivity contribution in [2.24, 2.45) is 0 Å². The van der Waals surface area contributed by atoms with Crippen molar-refractivity contribution in [3.05, 3.63) is 38.1 Å². The average Bonchev–Trinajstić information content (AvgIpc) is 2.44. The fourth-order valence-corrected chi connectivity index (χ4v) is 2.05. The molecule has 7 heteroatoms. The van der Waals surface area contributed by atoms with Crippen LogP contribution in [0.3, 0.4) is 0 Å². The highest BCUT2D eigenvalue weighted by atomic mass is 79.9. The first kappa shape index (κ1) is 15.3. The van der Waals surface area contributed by atoms with Gasteiger partial charge in [0.2, 0.25) is 5.43 Å². The van der Waals surface area contributed by atoms with Crippen LogP contribution < -0.4 is 10.2 Å². The molecule has 1 aromatic heterocycles. The molecule has 1 aromatic carbocycles. The molecule has 0 radical (unpaired) electrons. The average molecular weight is 364 g/mol.